The number of alkyl halides is 3. The van der Waals surface area contributed by atoms with Crippen molar-refractivity contribution >= 4 is 35.1 Å². The lowest BCUT2D eigenvalue weighted by atomic mass is 10.3. The first-order valence-corrected chi connectivity index (χ1v) is 7.43. The highest BCUT2D eigenvalue weighted by Crippen LogP contribution is 2.32. The molecule has 1 aromatic heterocycles. The van der Waals surface area contributed by atoms with Gasteiger partial charge in [0.25, 0.3) is 0 Å². The molecule has 0 spiro atoms. The summed E-state index contributed by atoms with van der Waals surface area (Å²) in [5.41, 5.74) is -0.964. The minimum Gasteiger partial charge on any atom is -0.309 e. The van der Waals surface area contributed by atoms with E-state index in [2.05, 4.69) is 10.3 Å². The summed E-state index contributed by atoms with van der Waals surface area (Å²) < 4.78 is 37.4. The molecule has 0 saturated carbocycles. The number of aromatic nitrogens is 1. The standard InChI is InChI=1S/C14H10ClF3N2OS/c15-11-6-9(14(16,17)18)7-19-13(11)20-12(21)8-22-10-4-2-1-3-5-10/h1-7H,8H2,(H,19,20,21). The maximum Gasteiger partial charge on any atom is 0.417 e. The fraction of sp³-hybridized carbons (Fsp3) is 0.143. The zero-order valence-electron chi connectivity index (χ0n) is 11.0. The second kappa shape index (κ2) is 7.02. The number of thioether (sulfide) groups is 1. The number of nitrogens with one attached hydrogen (secondary N) is 1. The van der Waals surface area contributed by atoms with E-state index in [0.29, 0.717) is 6.20 Å². The number of nitrogens with zero attached hydrogens (tertiary/aromatic N) is 1. The largest absolute Gasteiger partial charge is 0.417 e. The fourth-order valence-corrected chi connectivity index (χ4v) is 2.45. The normalized spacial score (nSPS) is 11.3. The number of carbonyl (C=O) groups is 1. The van der Waals surface area contributed by atoms with Gasteiger partial charge in [-0.3, -0.25) is 4.79 Å². The summed E-state index contributed by atoms with van der Waals surface area (Å²) in [6.07, 6.45) is -3.89. The second-order valence-corrected chi connectivity index (χ2v) is 5.66. The van der Waals surface area contributed by atoms with Crippen molar-refractivity contribution in [2.24, 2.45) is 0 Å². The summed E-state index contributed by atoms with van der Waals surface area (Å²) in [7, 11) is 0. The maximum absolute atomic E-state index is 12.5. The van der Waals surface area contributed by atoms with Crippen LogP contribution < -0.4 is 5.32 Å². The molecule has 0 radical (unpaired) electrons. The first-order chi connectivity index (χ1) is 10.4. The SMILES string of the molecule is O=C(CSc1ccccc1)Nc1ncc(C(F)(F)F)cc1Cl. The fourth-order valence-electron chi connectivity index (χ4n) is 1.52. The van der Waals surface area contributed by atoms with E-state index < -0.39 is 17.6 Å². The smallest absolute Gasteiger partial charge is 0.309 e. The van der Waals surface area contributed by atoms with Gasteiger partial charge in [-0.25, -0.2) is 4.98 Å². The molecule has 116 valence electrons. The van der Waals surface area contributed by atoms with Gasteiger partial charge in [0.15, 0.2) is 5.82 Å². The van der Waals surface area contributed by atoms with Crippen LogP contribution in [0.2, 0.25) is 5.02 Å². The van der Waals surface area contributed by atoms with Crippen LogP contribution in [0.25, 0.3) is 0 Å². The van der Waals surface area contributed by atoms with E-state index >= 15 is 0 Å². The average molecular weight is 347 g/mol. The Balaban J connectivity index is 1.97. The topological polar surface area (TPSA) is 42.0 Å². The molecule has 0 unspecified atom stereocenters. The number of hydrogen-bond acceptors (Lipinski definition) is 3. The molecule has 1 N–H and O–H groups in total. The van der Waals surface area contributed by atoms with Crippen molar-refractivity contribution in [3.8, 4) is 0 Å². The number of pyridine rings is 1. The number of rotatable bonds is 4. The molecular formula is C14H10ClF3N2OS. The van der Waals surface area contributed by atoms with E-state index in [4.69, 9.17) is 11.6 Å². The molecule has 0 fully saturated rings. The molecule has 0 aliphatic heterocycles. The summed E-state index contributed by atoms with van der Waals surface area (Å²) in [6.45, 7) is 0. The van der Waals surface area contributed by atoms with Gasteiger partial charge in [0, 0.05) is 11.1 Å². The first kappa shape index (κ1) is 16.6. The van der Waals surface area contributed by atoms with Gasteiger partial charge in [0.1, 0.15) is 0 Å². The van der Waals surface area contributed by atoms with Crippen LogP contribution in [0.3, 0.4) is 0 Å². The zero-order chi connectivity index (χ0) is 16.2. The van der Waals surface area contributed by atoms with Gasteiger partial charge in [-0.2, -0.15) is 13.2 Å². The molecule has 0 aliphatic rings. The Labute approximate surface area is 133 Å². The average Bonchev–Trinajstić information content (AvgIpc) is 2.47. The van der Waals surface area contributed by atoms with E-state index in [1.165, 1.54) is 11.8 Å². The Bertz CT molecular complexity index is 665. The summed E-state index contributed by atoms with van der Waals surface area (Å²) in [5.74, 6) is -0.389. The van der Waals surface area contributed by atoms with Crippen LogP contribution in [-0.4, -0.2) is 16.6 Å². The van der Waals surface area contributed by atoms with Crippen molar-refractivity contribution in [1.82, 2.24) is 4.98 Å². The molecule has 22 heavy (non-hydrogen) atoms. The Hall–Kier alpha value is -1.73. The minimum absolute atomic E-state index is 0.0895. The number of halogens is 4. The minimum atomic E-state index is -4.53. The molecule has 1 amide bonds. The van der Waals surface area contributed by atoms with Crippen molar-refractivity contribution < 1.29 is 18.0 Å². The summed E-state index contributed by atoms with van der Waals surface area (Å²) in [6, 6.07) is 9.97. The molecular weight excluding hydrogens is 337 g/mol. The number of anilines is 1. The van der Waals surface area contributed by atoms with Crippen molar-refractivity contribution in [1.29, 1.82) is 0 Å². The van der Waals surface area contributed by atoms with Crippen molar-refractivity contribution in [2.75, 3.05) is 11.1 Å². The van der Waals surface area contributed by atoms with Gasteiger partial charge in [0.05, 0.1) is 16.3 Å². The third kappa shape index (κ3) is 4.64. The molecule has 2 rings (SSSR count). The van der Waals surface area contributed by atoms with Crippen LogP contribution in [-0.2, 0) is 11.0 Å². The van der Waals surface area contributed by atoms with Crippen LogP contribution in [0.4, 0.5) is 19.0 Å². The number of benzene rings is 1. The Morgan fingerprint density at radius 3 is 2.55 bits per heavy atom. The van der Waals surface area contributed by atoms with Crippen LogP contribution in [0.5, 0.6) is 0 Å². The summed E-state index contributed by atoms with van der Waals surface area (Å²) >= 11 is 7.01. The quantitative estimate of drug-likeness (QED) is 0.830. The van der Waals surface area contributed by atoms with Crippen LogP contribution in [0, 0.1) is 0 Å². The monoisotopic (exact) mass is 346 g/mol. The highest BCUT2D eigenvalue weighted by atomic mass is 35.5. The lowest BCUT2D eigenvalue weighted by Crippen LogP contribution is -2.16. The van der Waals surface area contributed by atoms with Gasteiger partial charge >= 0.3 is 6.18 Å². The molecule has 1 aromatic carbocycles. The maximum atomic E-state index is 12.5. The van der Waals surface area contributed by atoms with Crippen LogP contribution >= 0.6 is 23.4 Å². The molecule has 0 bridgehead atoms. The predicted molar refractivity (Wildman–Crippen MR) is 80.0 cm³/mol. The molecule has 1 heterocycles. The second-order valence-electron chi connectivity index (χ2n) is 4.20. The first-order valence-electron chi connectivity index (χ1n) is 6.06. The van der Waals surface area contributed by atoms with E-state index in [1.807, 2.05) is 30.3 Å². The Morgan fingerprint density at radius 1 is 1.27 bits per heavy atom. The highest BCUT2D eigenvalue weighted by molar-refractivity contribution is 8.00. The zero-order valence-corrected chi connectivity index (χ0v) is 12.6. The van der Waals surface area contributed by atoms with E-state index in [9.17, 15) is 18.0 Å². The van der Waals surface area contributed by atoms with Gasteiger partial charge in [-0.1, -0.05) is 29.8 Å². The third-order valence-corrected chi connectivity index (χ3v) is 3.84. The Morgan fingerprint density at radius 2 is 1.95 bits per heavy atom. The molecule has 2 aromatic rings. The Kier molecular flexibility index (Phi) is 5.31. The van der Waals surface area contributed by atoms with E-state index in [-0.39, 0.29) is 16.6 Å². The van der Waals surface area contributed by atoms with Gasteiger partial charge in [0.2, 0.25) is 5.91 Å². The molecule has 0 atom stereocenters. The number of amides is 1. The van der Waals surface area contributed by atoms with E-state index in [0.717, 1.165) is 11.0 Å². The molecule has 0 aliphatic carbocycles. The van der Waals surface area contributed by atoms with Crippen molar-refractivity contribution in [3.63, 3.8) is 0 Å². The number of hydrogen-bond donors (Lipinski definition) is 1. The molecule has 3 nitrogen and oxygen atoms in total. The van der Waals surface area contributed by atoms with Crippen LogP contribution in [0.1, 0.15) is 5.56 Å². The van der Waals surface area contributed by atoms with E-state index in [1.54, 1.807) is 0 Å². The van der Waals surface area contributed by atoms with Gasteiger partial charge in [-0.15, -0.1) is 11.8 Å². The lowest BCUT2D eigenvalue weighted by Gasteiger charge is -2.10. The summed E-state index contributed by atoms with van der Waals surface area (Å²) in [4.78, 5) is 16.2. The predicted octanol–water partition coefficient (Wildman–Crippen LogP) is 4.48. The number of carbonyl (C=O) groups excluding carboxylic acids is 1. The van der Waals surface area contributed by atoms with Gasteiger partial charge < -0.3 is 5.32 Å². The van der Waals surface area contributed by atoms with Crippen LogP contribution in [0.15, 0.2) is 47.5 Å². The summed E-state index contributed by atoms with van der Waals surface area (Å²) in [5, 5.41) is 2.13. The molecule has 0 saturated heterocycles. The van der Waals surface area contributed by atoms with Crippen molar-refractivity contribution in [2.45, 2.75) is 11.1 Å². The lowest BCUT2D eigenvalue weighted by molar-refractivity contribution is -0.137. The highest BCUT2D eigenvalue weighted by Gasteiger charge is 2.31. The van der Waals surface area contributed by atoms with Crippen molar-refractivity contribution in [3.05, 3.63) is 53.2 Å². The third-order valence-electron chi connectivity index (χ3n) is 2.54. The molecule has 8 heteroatoms. The van der Waals surface area contributed by atoms with Gasteiger partial charge in [-0.05, 0) is 18.2 Å².